The third-order valence-corrected chi connectivity index (χ3v) is 6.50. The van der Waals surface area contributed by atoms with E-state index >= 15 is 4.39 Å². The number of hydrogen-bond acceptors (Lipinski definition) is 5. The highest BCUT2D eigenvalue weighted by atomic mass is 79.9. The lowest BCUT2D eigenvalue weighted by Crippen LogP contribution is -2.31. The molecule has 2 heterocycles. The second-order valence-corrected chi connectivity index (χ2v) is 9.37. The van der Waals surface area contributed by atoms with Crippen LogP contribution in [0.25, 0.3) is 10.9 Å². The van der Waals surface area contributed by atoms with Gasteiger partial charge in [0, 0.05) is 46.2 Å². The molecule has 2 atom stereocenters. The van der Waals surface area contributed by atoms with Crippen LogP contribution in [0, 0.1) is 5.82 Å². The summed E-state index contributed by atoms with van der Waals surface area (Å²) >= 11 is 3.30. The smallest absolute Gasteiger partial charge is 0.320 e. The van der Waals surface area contributed by atoms with Crippen molar-refractivity contribution in [3.8, 4) is 11.5 Å². The number of urea groups is 1. The number of nitrogens with one attached hydrogen (secondary N) is 2. The monoisotopic (exact) mass is 548 g/mol. The van der Waals surface area contributed by atoms with Gasteiger partial charge in [-0.1, -0.05) is 19.1 Å². The van der Waals surface area contributed by atoms with Crippen LogP contribution >= 0.6 is 15.9 Å². The number of anilines is 1. The van der Waals surface area contributed by atoms with E-state index in [-0.39, 0.29) is 35.5 Å². The number of carbonyl (C=O) groups is 2. The average Bonchev–Trinajstić information content (AvgIpc) is 3.63. The summed E-state index contributed by atoms with van der Waals surface area (Å²) < 4.78 is 22.3. The molecule has 2 aromatic carbocycles. The molecule has 7 nitrogen and oxygen atoms in total. The van der Waals surface area contributed by atoms with Crippen LogP contribution in [0.1, 0.15) is 41.6 Å². The Labute approximate surface area is 215 Å². The van der Waals surface area contributed by atoms with Gasteiger partial charge >= 0.3 is 6.03 Å². The van der Waals surface area contributed by atoms with Gasteiger partial charge in [0.05, 0.1) is 11.1 Å². The second-order valence-electron chi connectivity index (χ2n) is 8.45. The van der Waals surface area contributed by atoms with Crippen molar-refractivity contribution >= 4 is 44.5 Å². The highest BCUT2D eigenvalue weighted by Crippen LogP contribution is 2.48. The molecule has 36 heavy (non-hydrogen) atoms. The van der Waals surface area contributed by atoms with Crippen molar-refractivity contribution in [2.24, 2.45) is 0 Å². The van der Waals surface area contributed by atoms with E-state index in [0.717, 1.165) is 15.4 Å². The lowest BCUT2D eigenvalue weighted by Gasteiger charge is -2.17. The summed E-state index contributed by atoms with van der Waals surface area (Å²) in [4.78, 5) is 33.7. The number of nitrogens with zero attached hydrogens (tertiary/aromatic N) is 2. The van der Waals surface area contributed by atoms with Crippen molar-refractivity contribution in [2.45, 2.75) is 31.7 Å². The first-order valence-electron chi connectivity index (χ1n) is 11.5. The highest BCUT2D eigenvalue weighted by Gasteiger charge is 2.44. The predicted molar refractivity (Wildman–Crippen MR) is 138 cm³/mol. The number of amides is 2. The third kappa shape index (κ3) is 4.92. The fourth-order valence-corrected chi connectivity index (χ4v) is 4.39. The first-order chi connectivity index (χ1) is 17.4. The molecule has 0 radical (unpaired) electrons. The van der Waals surface area contributed by atoms with E-state index in [1.165, 1.54) is 12.1 Å². The molecule has 2 amide bonds. The highest BCUT2D eigenvalue weighted by molar-refractivity contribution is 9.10. The minimum absolute atomic E-state index is 0.158. The standard InChI is InChI=1S/C27H22BrFN4O3/c1-2-22(34)17-8-9-19(29)25(26(17)36-23-11-12-30-20-6-4-3-5-16(20)23)18-13-21(18)32-27(35)33-24-10-7-15(28)14-31-24/h3-12,14,18,21H,2,13H2,1H3,(H2,31,32,33,35). The number of carbonyl (C=O) groups excluding carboxylic acids is 2. The van der Waals surface area contributed by atoms with Crippen LogP contribution in [0.3, 0.4) is 0 Å². The van der Waals surface area contributed by atoms with Gasteiger partial charge < -0.3 is 10.1 Å². The molecule has 1 aliphatic carbocycles. The van der Waals surface area contributed by atoms with E-state index < -0.39 is 11.8 Å². The Bertz CT molecular complexity index is 1460. The van der Waals surface area contributed by atoms with Gasteiger partial charge in [-0.3, -0.25) is 15.1 Å². The minimum atomic E-state index is -0.486. The van der Waals surface area contributed by atoms with Gasteiger partial charge in [-0.05, 0) is 64.8 Å². The normalized spacial score (nSPS) is 16.4. The molecule has 0 aliphatic heterocycles. The molecule has 2 aromatic heterocycles. The largest absolute Gasteiger partial charge is 0.455 e. The summed E-state index contributed by atoms with van der Waals surface area (Å²) in [6.07, 6.45) is 3.94. The lowest BCUT2D eigenvalue weighted by molar-refractivity contribution is 0.0985. The van der Waals surface area contributed by atoms with Crippen LogP contribution < -0.4 is 15.4 Å². The van der Waals surface area contributed by atoms with E-state index in [1.807, 2.05) is 24.3 Å². The molecular weight excluding hydrogens is 527 g/mol. The number of benzene rings is 2. The molecule has 1 saturated carbocycles. The molecule has 0 saturated heterocycles. The average molecular weight is 549 g/mol. The summed E-state index contributed by atoms with van der Waals surface area (Å²) in [6.45, 7) is 1.75. The molecule has 182 valence electrons. The number of para-hydroxylation sites is 1. The zero-order chi connectivity index (χ0) is 25.2. The molecule has 0 spiro atoms. The Morgan fingerprint density at radius 1 is 1.11 bits per heavy atom. The zero-order valence-corrected chi connectivity index (χ0v) is 20.9. The Balaban J connectivity index is 1.44. The van der Waals surface area contributed by atoms with Gasteiger partial charge in [0.2, 0.25) is 0 Å². The molecule has 0 bridgehead atoms. The molecule has 9 heteroatoms. The maximum absolute atomic E-state index is 15.3. The van der Waals surface area contributed by atoms with Crippen molar-refractivity contribution in [1.29, 1.82) is 0 Å². The van der Waals surface area contributed by atoms with Gasteiger partial charge in [-0.15, -0.1) is 0 Å². The van der Waals surface area contributed by atoms with Crippen molar-refractivity contribution in [3.05, 3.63) is 88.4 Å². The SMILES string of the molecule is CCC(=O)c1ccc(F)c(C2CC2NC(=O)Nc2ccc(Br)cn2)c1Oc1ccnc2ccccc12. The topological polar surface area (TPSA) is 93.2 Å². The molecular formula is C27H22BrFN4O3. The van der Waals surface area contributed by atoms with Crippen molar-refractivity contribution in [1.82, 2.24) is 15.3 Å². The number of Topliss-reactive ketones (excluding diaryl/α,β-unsaturated/α-hetero) is 1. The summed E-state index contributed by atoms with van der Waals surface area (Å²) in [5, 5.41) is 6.28. The number of ether oxygens (including phenoxy) is 1. The Kier molecular flexibility index (Phi) is 6.65. The van der Waals surface area contributed by atoms with Gasteiger partial charge in [-0.2, -0.15) is 0 Å². The van der Waals surface area contributed by atoms with Crippen LogP contribution in [0.4, 0.5) is 15.0 Å². The summed E-state index contributed by atoms with van der Waals surface area (Å²) in [5.41, 5.74) is 1.31. The number of hydrogen-bond donors (Lipinski definition) is 2. The first kappa shape index (κ1) is 23.9. The van der Waals surface area contributed by atoms with Crippen molar-refractivity contribution < 1.29 is 18.7 Å². The Hall–Kier alpha value is -3.85. The second kappa shape index (κ2) is 10.0. The van der Waals surface area contributed by atoms with Gasteiger partial charge in [0.1, 0.15) is 23.1 Å². The molecule has 2 N–H and O–H groups in total. The molecule has 2 unspecified atom stereocenters. The predicted octanol–water partition coefficient (Wildman–Crippen LogP) is 6.59. The fourth-order valence-electron chi connectivity index (χ4n) is 4.15. The minimum Gasteiger partial charge on any atom is -0.455 e. The summed E-state index contributed by atoms with van der Waals surface area (Å²) in [6, 6.07) is 14.6. The lowest BCUT2D eigenvalue weighted by atomic mass is 9.99. The number of aromatic nitrogens is 2. The molecule has 5 rings (SSSR count). The van der Waals surface area contributed by atoms with E-state index in [4.69, 9.17) is 4.74 Å². The first-order valence-corrected chi connectivity index (χ1v) is 12.3. The molecule has 1 fully saturated rings. The molecule has 4 aromatic rings. The number of fused-ring (bicyclic) bond motifs is 1. The quantitative estimate of drug-likeness (QED) is 0.254. The fraction of sp³-hybridized carbons (Fsp3) is 0.185. The molecule has 1 aliphatic rings. The van der Waals surface area contributed by atoms with Crippen LogP contribution in [-0.4, -0.2) is 27.8 Å². The van der Waals surface area contributed by atoms with Crippen molar-refractivity contribution in [3.63, 3.8) is 0 Å². The number of halogens is 2. The van der Waals surface area contributed by atoms with Crippen LogP contribution in [0.15, 0.2) is 71.5 Å². The van der Waals surface area contributed by atoms with E-state index in [0.29, 0.717) is 23.6 Å². The van der Waals surface area contributed by atoms with Crippen LogP contribution in [0.2, 0.25) is 0 Å². The maximum Gasteiger partial charge on any atom is 0.320 e. The maximum atomic E-state index is 15.3. The Morgan fingerprint density at radius 3 is 2.72 bits per heavy atom. The Morgan fingerprint density at radius 2 is 1.94 bits per heavy atom. The van der Waals surface area contributed by atoms with Crippen LogP contribution in [-0.2, 0) is 0 Å². The summed E-state index contributed by atoms with van der Waals surface area (Å²) in [7, 11) is 0. The van der Waals surface area contributed by atoms with Gasteiger partial charge in [0.15, 0.2) is 5.78 Å². The van der Waals surface area contributed by atoms with Gasteiger partial charge in [0.25, 0.3) is 0 Å². The number of rotatable bonds is 7. The van der Waals surface area contributed by atoms with E-state index in [9.17, 15) is 9.59 Å². The van der Waals surface area contributed by atoms with E-state index in [1.54, 1.807) is 37.5 Å². The zero-order valence-electron chi connectivity index (χ0n) is 19.3. The summed E-state index contributed by atoms with van der Waals surface area (Å²) in [5.74, 6) is 0.0583. The third-order valence-electron chi connectivity index (χ3n) is 6.03. The van der Waals surface area contributed by atoms with Gasteiger partial charge in [-0.25, -0.2) is 14.2 Å². The van der Waals surface area contributed by atoms with Crippen LogP contribution in [0.5, 0.6) is 11.5 Å². The number of ketones is 1. The number of pyridine rings is 2. The van der Waals surface area contributed by atoms with E-state index in [2.05, 4.69) is 36.5 Å². The van der Waals surface area contributed by atoms with Crippen molar-refractivity contribution in [2.75, 3.05) is 5.32 Å².